The Hall–Kier alpha value is -1.61. The zero-order valence-electron chi connectivity index (χ0n) is 12.5. The summed E-state index contributed by atoms with van der Waals surface area (Å²) in [5, 5.41) is 9.61. The van der Waals surface area contributed by atoms with E-state index in [0.29, 0.717) is 36.5 Å². The lowest BCUT2D eigenvalue weighted by molar-refractivity contribution is -0.171. The first-order valence-electron chi connectivity index (χ1n) is 7.04. The molecule has 0 aliphatic carbocycles. The largest absolute Gasteiger partial charge is 0.464 e. The van der Waals surface area contributed by atoms with E-state index in [9.17, 15) is 9.59 Å². The Morgan fingerprint density at radius 2 is 2.23 bits per heavy atom. The lowest BCUT2D eigenvalue weighted by Crippen LogP contribution is -2.64. The zero-order chi connectivity index (χ0) is 16.2. The van der Waals surface area contributed by atoms with Crippen LogP contribution in [0.15, 0.2) is 10.7 Å². The maximum Gasteiger partial charge on any atom is 0.332 e. The van der Waals surface area contributed by atoms with Gasteiger partial charge in [-0.05, 0) is 35.8 Å². The number of hydrogen-bond acceptors (Lipinski definition) is 5. The highest BCUT2D eigenvalue weighted by Gasteiger charge is 2.49. The molecule has 0 unspecified atom stereocenters. The molecule has 1 aliphatic heterocycles. The molecular weight excluding hydrogens is 356 g/mol. The van der Waals surface area contributed by atoms with Crippen molar-refractivity contribution in [2.24, 2.45) is 0 Å². The third-order valence-corrected chi connectivity index (χ3v) is 3.72. The van der Waals surface area contributed by atoms with Crippen molar-refractivity contribution in [2.75, 3.05) is 32.8 Å². The summed E-state index contributed by atoms with van der Waals surface area (Å²) in [4.78, 5) is 24.9. The fraction of sp³-hybridized carbons (Fsp3) is 0.615. The second-order valence-corrected chi connectivity index (χ2v) is 5.70. The number of nitrogens with one attached hydrogen (secondary N) is 2. The highest BCUT2D eigenvalue weighted by atomic mass is 79.9. The van der Waals surface area contributed by atoms with Crippen molar-refractivity contribution in [1.82, 2.24) is 20.4 Å². The molecule has 0 bridgehead atoms. The Kier molecular flexibility index (Phi) is 5.41. The van der Waals surface area contributed by atoms with Crippen molar-refractivity contribution in [1.29, 1.82) is 0 Å². The van der Waals surface area contributed by atoms with Crippen molar-refractivity contribution in [3.63, 3.8) is 0 Å². The van der Waals surface area contributed by atoms with Gasteiger partial charge in [0.1, 0.15) is 16.8 Å². The van der Waals surface area contributed by atoms with Gasteiger partial charge in [-0.3, -0.25) is 5.10 Å². The molecule has 1 aromatic heterocycles. The van der Waals surface area contributed by atoms with Crippen molar-refractivity contribution in [2.45, 2.75) is 19.4 Å². The van der Waals surface area contributed by atoms with Gasteiger partial charge in [0.15, 0.2) is 0 Å². The molecule has 1 aliphatic rings. The summed E-state index contributed by atoms with van der Waals surface area (Å²) < 4.78 is 11.3. The molecule has 2 heterocycles. The van der Waals surface area contributed by atoms with Crippen LogP contribution in [-0.2, 0) is 19.9 Å². The molecule has 22 heavy (non-hydrogen) atoms. The number of esters is 1. The molecule has 1 aromatic rings. The third kappa shape index (κ3) is 3.58. The molecule has 8 nitrogen and oxygen atoms in total. The Balaban J connectivity index is 2.04. The van der Waals surface area contributed by atoms with Gasteiger partial charge in [0, 0.05) is 6.54 Å². The molecule has 0 atom stereocenters. The monoisotopic (exact) mass is 374 g/mol. The highest BCUT2D eigenvalue weighted by molar-refractivity contribution is 9.10. The van der Waals surface area contributed by atoms with E-state index in [0.717, 1.165) is 0 Å². The molecule has 0 saturated carbocycles. The van der Waals surface area contributed by atoms with Crippen molar-refractivity contribution in [3.05, 3.63) is 16.4 Å². The molecular formula is C13H19BrN4O4. The van der Waals surface area contributed by atoms with Crippen LogP contribution in [0.3, 0.4) is 0 Å². The standard InChI is InChI=1S/C13H19BrN4O4/c1-3-15-12(20)18-7-13(8-18,9-5-10(14)17-16-9)22-6-11(19)21-4-2/h5H,3-4,6-8H2,1-2H3,(H,15,20)(H,16,17). The first-order chi connectivity index (χ1) is 10.5. The van der Waals surface area contributed by atoms with E-state index in [1.54, 1.807) is 17.9 Å². The first kappa shape index (κ1) is 16.8. The van der Waals surface area contributed by atoms with Crippen LogP contribution in [0.25, 0.3) is 0 Å². The number of carbonyl (C=O) groups excluding carboxylic acids is 2. The number of carbonyl (C=O) groups is 2. The normalized spacial score (nSPS) is 16.0. The smallest absolute Gasteiger partial charge is 0.332 e. The van der Waals surface area contributed by atoms with Gasteiger partial charge in [-0.25, -0.2) is 9.59 Å². The van der Waals surface area contributed by atoms with Gasteiger partial charge in [-0.2, -0.15) is 5.10 Å². The summed E-state index contributed by atoms with van der Waals surface area (Å²) >= 11 is 3.27. The van der Waals surface area contributed by atoms with E-state index >= 15 is 0 Å². The van der Waals surface area contributed by atoms with Gasteiger partial charge < -0.3 is 19.7 Å². The zero-order valence-corrected chi connectivity index (χ0v) is 14.1. The average Bonchev–Trinajstić information content (AvgIpc) is 2.85. The van der Waals surface area contributed by atoms with Gasteiger partial charge in [-0.1, -0.05) is 0 Å². The summed E-state index contributed by atoms with van der Waals surface area (Å²) in [5.74, 6) is -0.433. The second kappa shape index (κ2) is 7.10. The number of ether oxygens (including phenoxy) is 2. The minimum atomic E-state index is -0.767. The second-order valence-electron chi connectivity index (χ2n) is 4.88. The topological polar surface area (TPSA) is 96.6 Å². The van der Waals surface area contributed by atoms with E-state index in [2.05, 4.69) is 31.4 Å². The molecule has 1 saturated heterocycles. The van der Waals surface area contributed by atoms with Crippen LogP contribution < -0.4 is 5.32 Å². The van der Waals surface area contributed by atoms with Gasteiger partial charge in [0.25, 0.3) is 0 Å². The van der Waals surface area contributed by atoms with Crippen molar-refractivity contribution < 1.29 is 19.1 Å². The predicted molar refractivity (Wildman–Crippen MR) is 81.2 cm³/mol. The van der Waals surface area contributed by atoms with Gasteiger partial charge in [0.05, 0.1) is 25.4 Å². The molecule has 122 valence electrons. The van der Waals surface area contributed by atoms with Gasteiger partial charge >= 0.3 is 12.0 Å². The van der Waals surface area contributed by atoms with Crippen molar-refractivity contribution in [3.8, 4) is 0 Å². The minimum absolute atomic E-state index is 0.156. The Morgan fingerprint density at radius 3 is 2.77 bits per heavy atom. The number of hydrogen-bond donors (Lipinski definition) is 2. The average molecular weight is 375 g/mol. The van der Waals surface area contributed by atoms with E-state index in [1.807, 2.05) is 6.92 Å². The quantitative estimate of drug-likeness (QED) is 0.723. The maximum atomic E-state index is 11.8. The van der Waals surface area contributed by atoms with Crippen LogP contribution in [0.1, 0.15) is 19.5 Å². The number of urea groups is 1. The lowest BCUT2D eigenvalue weighted by atomic mass is 9.90. The molecule has 0 spiro atoms. The van der Waals surface area contributed by atoms with E-state index in [1.165, 1.54) is 0 Å². The predicted octanol–water partition coefficient (Wildman–Crippen LogP) is 0.992. The van der Waals surface area contributed by atoms with E-state index in [4.69, 9.17) is 9.47 Å². The first-order valence-corrected chi connectivity index (χ1v) is 7.83. The number of aromatic amines is 1. The molecule has 2 rings (SSSR count). The molecule has 9 heteroatoms. The summed E-state index contributed by atoms with van der Waals surface area (Å²) in [5.41, 5.74) is -0.0548. The van der Waals surface area contributed by atoms with Crippen LogP contribution in [0.2, 0.25) is 0 Å². The van der Waals surface area contributed by atoms with Crippen LogP contribution in [0, 0.1) is 0 Å². The molecule has 2 amide bonds. The number of aromatic nitrogens is 2. The van der Waals surface area contributed by atoms with E-state index < -0.39 is 11.6 Å². The summed E-state index contributed by atoms with van der Waals surface area (Å²) in [7, 11) is 0. The molecule has 0 aromatic carbocycles. The SMILES string of the molecule is CCNC(=O)N1CC(OCC(=O)OCC)(c2cc(Br)n[nH]2)C1. The lowest BCUT2D eigenvalue weighted by Gasteiger charge is -2.48. The number of likely N-dealkylation sites (tertiary alicyclic amines) is 1. The fourth-order valence-electron chi connectivity index (χ4n) is 2.25. The highest BCUT2D eigenvalue weighted by Crippen LogP contribution is 2.35. The van der Waals surface area contributed by atoms with Crippen LogP contribution >= 0.6 is 15.9 Å². The minimum Gasteiger partial charge on any atom is -0.464 e. The van der Waals surface area contributed by atoms with E-state index in [-0.39, 0.29) is 12.6 Å². The Labute approximate surface area is 136 Å². The van der Waals surface area contributed by atoms with Gasteiger partial charge in [0.2, 0.25) is 0 Å². The Morgan fingerprint density at radius 1 is 1.50 bits per heavy atom. The van der Waals surface area contributed by atoms with Crippen LogP contribution in [0.5, 0.6) is 0 Å². The fourth-order valence-corrected chi connectivity index (χ4v) is 2.56. The summed E-state index contributed by atoms with van der Waals surface area (Å²) in [6, 6.07) is 1.62. The van der Waals surface area contributed by atoms with Crippen LogP contribution in [0.4, 0.5) is 4.79 Å². The third-order valence-electron chi connectivity index (χ3n) is 3.32. The molecule has 1 fully saturated rings. The number of amides is 2. The summed E-state index contributed by atoms with van der Waals surface area (Å²) in [6.45, 7) is 4.96. The van der Waals surface area contributed by atoms with Gasteiger partial charge in [-0.15, -0.1) is 0 Å². The summed E-state index contributed by atoms with van der Waals surface area (Å²) in [6.07, 6.45) is 0. The number of halogens is 1. The van der Waals surface area contributed by atoms with Crippen molar-refractivity contribution >= 4 is 27.9 Å². The van der Waals surface area contributed by atoms with Crippen LogP contribution in [-0.4, -0.2) is 59.9 Å². The Bertz CT molecular complexity index is 536. The number of rotatable bonds is 6. The number of nitrogens with zero attached hydrogens (tertiary/aromatic N) is 2. The number of H-pyrrole nitrogens is 1. The molecule has 0 radical (unpaired) electrons. The molecule has 2 N–H and O–H groups in total. The maximum absolute atomic E-state index is 11.8.